The molecule has 0 bridgehead atoms. The molecule has 0 unspecified atom stereocenters. The number of fused-ring (bicyclic) bond motifs is 1. The van der Waals surface area contributed by atoms with Crippen LogP contribution in [0.4, 0.5) is 11.4 Å². The summed E-state index contributed by atoms with van der Waals surface area (Å²) in [5, 5.41) is 11.2. The number of nitro groups is 1. The second kappa shape index (κ2) is 9.19. The second-order valence-corrected chi connectivity index (χ2v) is 8.51. The fourth-order valence-electron chi connectivity index (χ4n) is 4.54. The Morgan fingerprint density at radius 1 is 1.19 bits per heavy atom. The van der Waals surface area contributed by atoms with Gasteiger partial charge in [0, 0.05) is 57.4 Å². The molecule has 0 saturated carbocycles. The number of non-ortho nitro benzene ring substituents is 1. The van der Waals surface area contributed by atoms with Crippen molar-refractivity contribution in [3.63, 3.8) is 0 Å². The van der Waals surface area contributed by atoms with E-state index in [-0.39, 0.29) is 36.3 Å². The zero-order valence-electron chi connectivity index (χ0n) is 17.9. The fourth-order valence-corrected chi connectivity index (χ4v) is 4.54. The lowest BCUT2D eigenvalue weighted by atomic mass is 10.1. The molecular formula is C21H29N5O5. The summed E-state index contributed by atoms with van der Waals surface area (Å²) in [6.07, 6.45) is 3.08. The van der Waals surface area contributed by atoms with Gasteiger partial charge in [-0.2, -0.15) is 0 Å². The number of nitrogens with zero attached hydrogens (tertiary/aromatic N) is 5. The van der Waals surface area contributed by atoms with Crippen molar-refractivity contribution in [2.75, 3.05) is 64.4 Å². The molecule has 0 spiro atoms. The van der Waals surface area contributed by atoms with Gasteiger partial charge in [0.2, 0.25) is 5.91 Å². The predicted octanol–water partition coefficient (Wildman–Crippen LogP) is 0.949. The molecule has 1 aromatic rings. The molecular weight excluding hydrogens is 402 g/mol. The smallest absolute Gasteiger partial charge is 0.271 e. The van der Waals surface area contributed by atoms with Gasteiger partial charge in [0.25, 0.3) is 11.6 Å². The average molecular weight is 431 g/mol. The molecule has 10 heteroatoms. The number of likely N-dealkylation sites (tertiary alicyclic amines) is 1. The largest absolute Gasteiger partial charge is 0.482 e. The highest BCUT2D eigenvalue weighted by atomic mass is 16.6. The minimum Gasteiger partial charge on any atom is -0.482 e. The van der Waals surface area contributed by atoms with E-state index in [0.29, 0.717) is 24.9 Å². The Balaban J connectivity index is 1.47. The van der Waals surface area contributed by atoms with E-state index in [0.717, 1.165) is 45.4 Å². The third-order valence-electron chi connectivity index (χ3n) is 6.44. The standard InChI is InChI=1S/C21H29N5O5/c1-22-8-10-23(11-9-22)17-4-2-3-7-24(13-17)20(27)14-25-18-12-16(26(29)30)5-6-19(18)31-15-21(25)28/h5-6,12,17H,2-4,7-11,13-15H2,1H3/t17-/m1/s1. The number of hydrogen-bond donors (Lipinski definition) is 0. The van der Waals surface area contributed by atoms with Crippen LogP contribution in [-0.4, -0.2) is 96.9 Å². The molecule has 0 aromatic heterocycles. The van der Waals surface area contributed by atoms with Gasteiger partial charge in [0.15, 0.2) is 6.61 Å². The first-order valence-electron chi connectivity index (χ1n) is 10.8. The molecule has 1 aromatic carbocycles. The lowest BCUT2D eigenvalue weighted by molar-refractivity contribution is -0.384. The van der Waals surface area contributed by atoms with Crippen molar-refractivity contribution < 1.29 is 19.2 Å². The molecule has 3 aliphatic rings. The van der Waals surface area contributed by atoms with Gasteiger partial charge in [-0.3, -0.25) is 29.5 Å². The summed E-state index contributed by atoms with van der Waals surface area (Å²) in [6, 6.07) is 4.44. The quantitative estimate of drug-likeness (QED) is 0.517. The molecule has 31 heavy (non-hydrogen) atoms. The van der Waals surface area contributed by atoms with E-state index in [1.54, 1.807) is 0 Å². The van der Waals surface area contributed by atoms with Crippen molar-refractivity contribution in [1.82, 2.24) is 14.7 Å². The summed E-state index contributed by atoms with van der Waals surface area (Å²) in [5.41, 5.74) is 0.142. The molecule has 10 nitrogen and oxygen atoms in total. The Kier molecular flexibility index (Phi) is 6.38. The maximum atomic E-state index is 13.2. The Hall–Kier alpha value is -2.72. The highest BCUT2D eigenvalue weighted by Gasteiger charge is 2.33. The molecule has 0 N–H and O–H groups in total. The van der Waals surface area contributed by atoms with E-state index in [1.165, 1.54) is 23.1 Å². The molecule has 3 aliphatic heterocycles. The van der Waals surface area contributed by atoms with E-state index in [1.807, 2.05) is 4.90 Å². The van der Waals surface area contributed by atoms with Gasteiger partial charge in [0.1, 0.15) is 12.3 Å². The van der Waals surface area contributed by atoms with E-state index in [9.17, 15) is 19.7 Å². The number of likely N-dealkylation sites (N-methyl/N-ethyl adjacent to an activating group) is 1. The third kappa shape index (κ3) is 4.80. The number of benzene rings is 1. The number of carbonyl (C=O) groups is 2. The third-order valence-corrected chi connectivity index (χ3v) is 6.44. The zero-order valence-corrected chi connectivity index (χ0v) is 17.9. The average Bonchev–Trinajstić information content (AvgIpc) is 3.02. The highest BCUT2D eigenvalue weighted by molar-refractivity contribution is 6.02. The summed E-state index contributed by atoms with van der Waals surface area (Å²) in [4.78, 5) is 44.3. The SMILES string of the molecule is CN1CCN([C@@H]2CCCCN(C(=O)CN3C(=O)COc4ccc([N+](=O)[O-])cc43)C2)CC1. The summed E-state index contributed by atoms with van der Waals surface area (Å²) in [7, 11) is 2.13. The van der Waals surface area contributed by atoms with Crippen LogP contribution in [-0.2, 0) is 9.59 Å². The molecule has 0 radical (unpaired) electrons. The first kappa shape index (κ1) is 21.5. The molecule has 2 saturated heterocycles. The van der Waals surface area contributed by atoms with E-state index in [4.69, 9.17) is 4.74 Å². The topological polar surface area (TPSA) is 99.5 Å². The summed E-state index contributed by atoms with van der Waals surface area (Å²) in [5.74, 6) is -0.121. The van der Waals surface area contributed by atoms with Crippen molar-refractivity contribution in [2.24, 2.45) is 0 Å². The number of hydrogen-bond acceptors (Lipinski definition) is 7. The Labute approximate surface area is 181 Å². The van der Waals surface area contributed by atoms with E-state index >= 15 is 0 Å². The monoisotopic (exact) mass is 431 g/mol. The summed E-state index contributed by atoms with van der Waals surface area (Å²) < 4.78 is 5.40. The molecule has 168 valence electrons. The highest BCUT2D eigenvalue weighted by Crippen LogP contribution is 2.35. The van der Waals surface area contributed by atoms with Crippen LogP contribution < -0.4 is 9.64 Å². The number of piperazine rings is 1. The molecule has 4 rings (SSSR count). The van der Waals surface area contributed by atoms with Gasteiger partial charge in [-0.25, -0.2) is 0 Å². The normalized spacial score (nSPS) is 23.1. The number of amides is 2. The van der Waals surface area contributed by atoms with Crippen LogP contribution in [0.2, 0.25) is 0 Å². The van der Waals surface area contributed by atoms with Crippen molar-refractivity contribution in [1.29, 1.82) is 0 Å². The zero-order chi connectivity index (χ0) is 22.0. The van der Waals surface area contributed by atoms with Crippen LogP contribution in [0.1, 0.15) is 19.3 Å². The number of rotatable bonds is 4. The minimum atomic E-state index is -0.519. The predicted molar refractivity (Wildman–Crippen MR) is 114 cm³/mol. The Morgan fingerprint density at radius 3 is 2.71 bits per heavy atom. The van der Waals surface area contributed by atoms with Crippen molar-refractivity contribution >= 4 is 23.2 Å². The van der Waals surface area contributed by atoms with Gasteiger partial charge in [-0.05, 0) is 26.0 Å². The minimum absolute atomic E-state index is 0.131. The molecule has 1 atom stereocenters. The number of anilines is 1. The first-order chi connectivity index (χ1) is 14.9. The van der Waals surface area contributed by atoms with Gasteiger partial charge in [-0.15, -0.1) is 0 Å². The van der Waals surface area contributed by atoms with Gasteiger partial charge < -0.3 is 14.5 Å². The Morgan fingerprint density at radius 2 is 1.97 bits per heavy atom. The van der Waals surface area contributed by atoms with Crippen LogP contribution >= 0.6 is 0 Å². The lowest BCUT2D eigenvalue weighted by Gasteiger charge is -2.39. The Bertz CT molecular complexity index is 855. The van der Waals surface area contributed by atoms with Crippen molar-refractivity contribution in [3.8, 4) is 5.75 Å². The van der Waals surface area contributed by atoms with E-state index in [2.05, 4.69) is 16.8 Å². The first-order valence-corrected chi connectivity index (χ1v) is 10.8. The maximum absolute atomic E-state index is 13.2. The molecule has 2 amide bonds. The number of ether oxygens (including phenoxy) is 1. The number of nitro benzene ring substituents is 1. The van der Waals surface area contributed by atoms with Crippen molar-refractivity contribution in [2.45, 2.75) is 25.3 Å². The maximum Gasteiger partial charge on any atom is 0.271 e. The van der Waals surface area contributed by atoms with Crippen molar-refractivity contribution in [3.05, 3.63) is 28.3 Å². The molecule has 2 fully saturated rings. The number of carbonyl (C=O) groups excluding carboxylic acids is 2. The van der Waals surface area contributed by atoms with Gasteiger partial charge in [-0.1, -0.05) is 6.42 Å². The van der Waals surface area contributed by atoms with Crippen LogP contribution in [0, 0.1) is 10.1 Å². The summed E-state index contributed by atoms with van der Waals surface area (Å²) in [6.45, 7) is 5.08. The van der Waals surface area contributed by atoms with Crippen LogP contribution in [0.25, 0.3) is 0 Å². The second-order valence-electron chi connectivity index (χ2n) is 8.51. The van der Waals surface area contributed by atoms with Crippen LogP contribution in [0.5, 0.6) is 5.75 Å². The lowest BCUT2D eigenvalue weighted by Crippen LogP contribution is -2.53. The fraction of sp³-hybridized carbons (Fsp3) is 0.619. The van der Waals surface area contributed by atoms with Gasteiger partial charge >= 0.3 is 0 Å². The summed E-state index contributed by atoms with van der Waals surface area (Å²) >= 11 is 0. The molecule has 3 heterocycles. The van der Waals surface area contributed by atoms with Crippen LogP contribution in [0.3, 0.4) is 0 Å². The van der Waals surface area contributed by atoms with Gasteiger partial charge in [0.05, 0.1) is 10.6 Å². The van der Waals surface area contributed by atoms with Crippen LogP contribution in [0.15, 0.2) is 18.2 Å². The molecule has 0 aliphatic carbocycles. The van der Waals surface area contributed by atoms with E-state index < -0.39 is 4.92 Å².